The van der Waals surface area contributed by atoms with Crippen LogP contribution >= 0.6 is 11.3 Å². The van der Waals surface area contributed by atoms with Crippen LogP contribution in [-0.2, 0) is 6.42 Å². The summed E-state index contributed by atoms with van der Waals surface area (Å²) in [7, 11) is 0. The van der Waals surface area contributed by atoms with Gasteiger partial charge in [-0.2, -0.15) is 0 Å². The van der Waals surface area contributed by atoms with Crippen LogP contribution in [0.2, 0.25) is 0 Å². The molecule has 1 atom stereocenters. The molecule has 0 radical (unpaired) electrons. The lowest BCUT2D eigenvalue weighted by Crippen LogP contribution is -2.43. The van der Waals surface area contributed by atoms with Crippen molar-refractivity contribution < 1.29 is 0 Å². The third kappa shape index (κ3) is 3.70. The van der Waals surface area contributed by atoms with Gasteiger partial charge < -0.3 is 10.6 Å². The van der Waals surface area contributed by atoms with Crippen LogP contribution in [0.5, 0.6) is 0 Å². The molecule has 2 N–H and O–H groups in total. The lowest BCUT2D eigenvalue weighted by molar-refractivity contribution is 0.270. The molecule has 0 amide bonds. The van der Waals surface area contributed by atoms with Crippen molar-refractivity contribution in [3.05, 3.63) is 16.1 Å². The molecule has 2 rings (SSSR count). The lowest BCUT2D eigenvalue weighted by Gasteiger charge is -2.31. The van der Waals surface area contributed by atoms with E-state index in [4.69, 9.17) is 5.73 Å². The summed E-state index contributed by atoms with van der Waals surface area (Å²) >= 11 is 1.74. The van der Waals surface area contributed by atoms with Crippen LogP contribution in [0.1, 0.15) is 29.7 Å². The van der Waals surface area contributed by atoms with Crippen molar-refractivity contribution in [2.24, 2.45) is 16.6 Å². The second-order valence-electron chi connectivity index (χ2n) is 5.05. The van der Waals surface area contributed by atoms with E-state index < -0.39 is 0 Å². The van der Waals surface area contributed by atoms with Crippen molar-refractivity contribution >= 4 is 17.3 Å². The van der Waals surface area contributed by atoms with Crippen LogP contribution < -0.4 is 5.73 Å². The van der Waals surface area contributed by atoms with Crippen molar-refractivity contribution in [1.29, 1.82) is 0 Å². The van der Waals surface area contributed by atoms with Crippen molar-refractivity contribution in [1.82, 2.24) is 9.88 Å². The Morgan fingerprint density at radius 3 is 3.17 bits per heavy atom. The maximum Gasteiger partial charge on any atom is 0.191 e. The van der Waals surface area contributed by atoms with E-state index in [1.54, 1.807) is 11.3 Å². The summed E-state index contributed by atoms with van der Waals surface area (Å²) in [5.41, 5.74) is 6.04. The molecule has 0 saturated carbocycles. The molecule has 1 fully saturated rings. The van der Waals surface area contributed by atoms with Crippen LogP contribution in [-0.4, -0.2) is 35.5 Å². The molecular weight excluding hydrogens is 244 g/mol. The van der Waals surface area contributed by atoms with E-state index in [2.05, 4.69) is 28.7 Å². The number of nitrogens with zero attached hydrogens (tertiary/aromatic N) is 3. The highest BCUT2D eigenvalue weighted by Crippen LogP contribution is 2.15. The number of guanidine groups is 1. The molecule has 1 aromatic rings. The summed E-state index contributed by atoms with van der Waals surface area (Å²) < 4.78 is 0. The lowest BCUT2D eigenvalue weighted by atomic mass is 10.0. The standard InChI is InChI=1S/C13H22N4S/c1-10-4-3-7-17(9-10)13(14)15-6-5-12-16-8-11(2)18-12/h8,10H,3-7,9H2,1-2H3,(H2,14,15). The fourth-order valence-corrected chi connectivity index (χ4v) is 3.06. The quantitative estimate of drug-likeness (QED) is 0.673. The highest BCUT2D eigenvalue weighted by molar-refractivity contribution is 7.11. The van der Waals surface area contributed by atoms with Crippen molar-refractivity contribution in [3.8, 4) is 0 Å². The first-order chi connectivity index (χ1) is 8.65. The maximum atomic E-state index is 6.04. The molecule has 1 saturated heterocycles. The topological polar surface area (TPSA) is 54.5 Å². The average molecular weight is 266 g/mol. The van der Waals surface area contributed by atoms with Gasteiger partial charge in [-0.05, 0) is 25.7 Å². The number of piperidine rings is 1. The third-order valence-corrected chi connectivity index (χ3v) is 4.22. The summed E-state index contributed by atoms with van der Waals surface area (Å²) in [6, 6.07) is 0. The molecule has 1 aliphatic heterocycles. The van der Waals surface area contributed by atoms with Gasteiger partial charge in [-0.25, -0.2) is 4.98 Å². The summed E-state index contributed by atoms with van der Waals surface area (Å²) in [6.45, 7) is 7.19. The fraction of sp³-hybridized carbons (Fsp3) is 0.692. The van der Waals surface area contributed by atoms with E-state index in [9.17, 15) is 0 Å². The van der Waals surface area contributed by atoms with Gasteiger partial charge in [0, 0.05) is 37.1 Å². The van der Waals surface area contributed by atoms with Gasteiger partial charge in [0.25, 0.3) is 0 Å². The molecule has 1 aliphatic rings. The average Bonchev–Trinajstić information content (AvgIpc) is 2.75. The molecule has 0 aromatic carbocycles. The Hall–Kier alpha value is -1.10. The Kier molecular flexibility index (Phi) is 4.58. The van der Waals surface area contributed by atoms with Crippen LogP contribution in [0.3, 0.4) is 0 Å². The summed E-state index contributed by atoms with van der Waals surface area (Å²) in [5, 5.41) is 1.15. The Bertz CT molecular complexity index is 413. The number of aryl methyl sites for hydroxylation is 1. The Morgan fingerprint density at radius 2 is 2.50 bits per heavy atom. The molecule has 4 nitrogen and oxygen atoms in total. The van der Waals surface area contributed by atoms with Gasteiger partial charge in [0.2, 0.25) is 0 Å². The number of likely N-dealkylation sites (tertiary alicyclic amines) is 1. The first-order valence-electron chi connectivity index (χ1n) is 6.61. The molecule has 2 heterocycles. The van der Waals surface area contributed by atoms with E-state index in [-0.39, 0.29) is 0 Å². The largest absolute Gasteiger partial charge is 0.370 e. The predicted octanol–water partition coefficient (Wildman–Crippen LogP) is 2.04. The van der Waals surface area contributed by atoms with Gasteiger partial charge in [0.15, 0.2) is 5.96 Å². The minimum Gasteiger partial charge on any atom is -0.370 e. The molecule has 0 aliphatic carbocycles. The highest BCUT2D eigenvalue weighted by Gasteiger charge is 2.17. The van der Waals surface area contributed by atoms with Crippen molar-refractivity contribution in [3.63, 3.8) is 0 Å². The van der Waals surface area contributed by atoms with E-state index in [1.165, 1.54) is 17.7 Å². The van der Waals surface area contributed by atoms with Gasteiger partial charge in [-0.15, -0.1) is 11.3 Å². The molecule has 18 heavy (non-hydrogen) atoms. The number of aromatic nitrogens is 1. The zero-order chi connectivity index (χ0) is 13.0. The van der Waals surface area contributed by atoms with E-state index in [1.807, 2.05) is 6.20 Å². The van der Waals surface area contributed by atoms with Crippen molar-refractivity contribution in [2.45, 2.75) is 33.1 Å². The summed E-state index contributed by atoms with van der Waals surface area (Å²) in [6.07, 6.45) is 5.34. The van der Waals surface area contributed by atoms with Crippen LogP contribution in [0, 0.1) is 12.8 Å². The van der Waals surface area contributed by atoms with E-state index in [0.29, 0.717) is 5.96 Å². The van der Waals surface area contributed by atoms with Gasteiger partial charge >= 0.3 is 0 Å². The number of aliphatic imine (C=N–C) groups is 1. The summed E-state index contributed by atoms with van der Waals surface area (Å²) in [5.74, 6) is 1.43. The number of hydrogen-bond acceptors (Lipinski definition) is 3. The smallest absolute Gasteiger partial charge is 0.191 e. The van der Waals surface area contributed by atoms with Gasteiger partial charge in [0.05, 0.1) is 5.01 Å². The monoisotopic (exact) mass is 266 g/mol. The Balaban J connectivity index is 1.81. The molecule has 5 heteroatoms. The first-order valence-corrected chi connectivity index (χ1v) is 7.43. The normalized spacial score (nSPS) is 21.3. The fourth-order valence-electron chi connectivity index (χ4n) is 2.28. The zero-order valence-electron chi connectivity index (χ0n) is 11.2. The molecule has 0 bridgehead atoms. The minimum absolute atomic E-state index is 0.704. The highest BCUT2D eigenvalue weighted by atomic mass is 32.1. The minimum atomic E-state index is 0.704. The summed E-state index contributed by atoms with van der Waals surface area (Å²) in [4.78, 5) is 12.3. The number of nitrogens with two attached hydrogens (primary N) is 1. The maximum absolute atomic E-state index is 6.04. The van der Waals surface area contributed by atoms with E-state index in [0.717, 1.165) is 37.0 Å². The molecule has 100 valence electrons. The van der Waals surface area contributed by atoms with Gasteiger partial charge in [-0.3, -0.25) is 4.99 Å². The van der Waals surface area contributed by atoms with Gasteiger partial charge in [0.1, 0.15) is 0 Å². The molecular formula is C13H22N4S. The zero-order valence-corrected chi connectivity index (χ0v) is 12.0. The van der Waals surface area contributed by atoms with E-state index >= 15 is 0 Å². The SMILES string of the molecule is Cc1cnc(CCN=C(N)N2CCCC(C)C2)s1. The van der Waals surface area contributed by atoms with Gasteiger partial charge in [-0.1, -0.05) is 6.92 Å². The second kappa shape index (κ2) is 6.18. The first kappa shape index (κ1) is 13.3. The number of rotatable bonds is 3. The number of hydrogen-bond donors (Lipinski definition) is 1. The number of thiazole rings is 1. The third-order valence-electron chi connectivity index (χ3n) is 3.25. The molecule has 1 unspecified atom stereocenters. The van der Waals surface area contributed by atoms with Crippen molar-refractivity contribution in [2.75, 3.05) is 19.6 Å². The molecule has 1 aromatic heterocycles. The Morgan fingerprint density at radius 1 is 1.67 bits per heavy atom. The molecule has 0 spiro atoms. The van der Waals surface area contributed by atoms with Crippen LogP contribution in [0.15, 0.2) is 11.2 Å². The van der Waals surface area contributed by atoms with Crippen LogP contribution in [0.4, 0.5) is 0 Å². The second-order valence-corrected chi connectivity index (χ2v) is 6.37. The Labute approximate surface area is 113 Å². The van der Waals surface area contributed by atoms with Crippen LogP contribution in [0.25, 0.3) is 0 Å². The predicted molar refractivity (Wildman–Crippen MR) is 77.0 cm³/mol.